The van der Waals surface area contributed by atoms with Gasteiger partial charge in [-0.25, -0.2) is 9.97 Å². The molecule has 0 bridgehead atoms. The van der Waals surface area contributed by atoms with E-state index in [-0.39, 0.29) is 0 Å². The van der Waals surface area contributed by atoms with Gasteiger partial charge in [0.15, 0.2) is 5.16 Å². The zero-order chi connectivity index (χ0) is 9.68. The molecule has 1 aromatic rings. The zero-order valence-corrected chi connectivity index (χ0v) is 9.03. The number of hydrogen-bond acceptors (Lipinski definition) is 4. The summed E-state index contributed by atoms with van der Waals surface area (Å²) in [7, 11) is 0. The predicted octanol–water partition coefficient (Wildman–Crippen LogP) is 1.44. The van der Waals surface area contributed by atoms with Crippen LogP contribution < -0.4 is 5.73 Å². The highest BCUT2D eigenvalue weighted by atomic mass is 35.5. The van der Waals surface area contributed by atoms with Gasteiger partial charge in [0, 0.05) is 18.6 Å². The van der Waals surface area contributed by atoms with E-state index in [4.69, 9.17) is 17.3 Å². The number of aromatic nitrogens is 2. The van der Waals surface area contributed by atoms with Crippen LogP contribution in [0.5, 0.6) is 0 Å². The molecule has 0 aliphatic carbocycles. The molecule has 1 aromatic heterocycles. The monoisotopic (exact) mass is 217 g/mol. The summed E-state index contributed by atoms with van der Waals surface area (Å²) in [5, 5.41) is 0.763. The van der Waals surface area contributed by atoms with E-state index in [1.165, 1.54) is 11.8 Å². The van der Waals surface area contributed by atoms with Crippen molar-refractivity contribution in [1.29, 1.82) is 0 Å². The van der Waals surface area contributed by atoms with Gasteiger partial charge in [-0.3, -0.25) is 0 Å². The second-order valence-electron chi connectivity index (χ2n) is 2.47. The van der Waals surface area contributed by atoms with Gasteiger partial charge in [0.05, 0.1) is 5.69 Å². The molecule has 0 saturated carbocycles. The molecule has 0 unspecified atom stereocenters. The molecular weight excluding hydrogens is 206 g/mol. The van der Waals surface area contributed by atoms with Crippen LogP contribution in [0.4, 0.5) is 0 Å². The van der Waals surface area contributed by atoms with E-state index in [0.717, 1.165) is 22.8 Å². The van der Waals surface area contributed by atoms with Crippen LogP contribution in [0.2, 0.25) is 0 Å². The maximum Gasteiger partial charge on any atom is 0.187 e. The Bertz CT molecular complexity index is 280. The Hall–Kier alpha value is -0.320. The average molecular weight is 218 g/mol. The van der Waals surface area contributed by atoms with Gasteiger partial charge in [-0.15, -0.1) is 11.6 Å². The largest absolute Gasteiger partial charge is 0.325 e. The normalized spacial score (nSPS) is 10.4. The van der Waals surface area contributed by atoms with Crippen LogP contribution in [0.15, 0.2) is 11.4 Å². The Labute approximate surface area is 87.1 Å². The molecule has 0 fully saturated rings. The molecule has 0 aliphatic heterocycles. The highest BCUT2D eigenvalue weighted by Crippen LogP contribution is 2.12. The van der Waals surface area contributed by atoms with Crippen molar-refractivity contribution in [2.75, 3.05) is 12.1 Å². The summed E-state index contributed by atoms with van der Waals surface area (Å²) < 4.78 is 0. The summed E-state index contributed by atoms with van der Waals surface area (Å²) in [5.74, 6) is 0.578. The fourth-order valence-corrected chi connectivity index (χ4v) is 1.57. The van der Waals surface area contributed by atoms with Gasteiger partial charge in [-0.1, -0.05) is 11.8 Å². The van der Waals surface area contributed by atoms with Gasteiger partial charge < -0.3 is 5.73 Å². The van der Waals surface area contributed by atoms with Gasteiger partial charge in [-0.05, 0) is 18.2 Å². The second-order valence-corrected chi connectivity index (χ2v) is 3.62. The van der Waals surface area contributed by atoms with E-state index in [1.807, 2.05) is 12.5 Å². The van der Waals surface area contributed by atoms with E-state index in [2.05, 4.69) is 9.97 Å². The summed E-state index contributed by atoms with van der Waals surface area (Å²) in [4.78, 5) is 8.46. The Morgan fingerprint density at radius 2 is 2.38 bits per heavy atom. The summed E-state index contributed by atoms with van der Waals surface area (Å²) in [5.41, 5.74) is 7.52. The van der Waals surface area contributed by atoms with Crippen molar-refractivity contribution in [1.82, 2.24) is 9.97 Å². The molecule has 1 heterocycles. The number of hydrogen-bond donors (Lipinski definition) is 1. The van der Waals surface area contributed by atoms with Crippen LogP contribution in [0, 0.1) is 0 Å². The van der Waals surface area contributed by atoms with Gasteiger partial charge in [0.2, 0.25) is 0 Å². The van der Waals surface area contributed by atoms with Crippen LogP contribution >= 0.6 is 23.4 Å². The molecule has 0 radical (unpaired) electrons. The third-order valence-corrected chi connectivity index (χ3v) is 2.42. The van der Waals surface area contributed by atoms with Crippen molar-refractivity contribution in [3.05, 3.63) is 17.5 Å². The molecule has 0 atom stereocenters. The minimum absolute atomic E-state index is 0.447. The fourth-order valence-electron chi connectivity index (χ4n) is 1.01. The van der Waals surface area contributed by atoms with Crippen molar-refractivity contribution < 1.29 is 0 Å². The maximum atomic E-state index is 5.64. The van der Waals surface area contributed by atoms with Crippen molar-refractivity contribution in [2.45, 2.75) is 18.1 Å². The molecule has 2 N–H and O–H groups in total. The Morgan fingerprint density at radius 1 is 1.62 bits per heavy atom. The van der Waals surface area contributed by atoms with Gasteiger partial charge >= 0.3 is 0 Å². The first-order chi connectivity index (χ1) is 6.31. The van der Waals surface area contributed by atoms with Crippen LogP contribution in [0.25, 0.3) is 0 Å². The number of thioether (sulfide) groups is 1. The molecular formula is C8H12ClN3S. The van der Waals surface area contributed by atoms with E-state index in [0.29, 0.717) is 12.4 Å². The third-order valence-electron chi connectivity index (χ3n) is 1.67. The molecule has 5 heteroatoms. The number of halogens is 1. The minimum Gasteiger partial charge on any atom is -0.325 e. The molecule has 1 rings (SSSR count). The molecule has 0 amide bonds. The highest BCUT2D eigenvalue weighted by molar-refractivity contribution is 7.98. The molecule has 13 heavy (non-hydrogen) atoms. The molecule has 72 valence electrons. The molecule has 3 nitrogen and oxygen atoms in total. The highest BCUT2D eigenvalue weighted by Gasteiger charge is 2.04. The lowest BCUT2D eigenvalue weighted by atomic mass is 10.2. The molecule has 0 saturated heterocycles. The van der Waals surface area contributed by atoms with E-state index >= 15 is 0 Å². The first-order valence-electron chi connectivity index (χ1n) is 3.96. The van der Waals surface area contributed by atoms with Crippen LogP contribution in [0.1, 0.15) is 11.3 Å². The third kappa shape index (κ3) is 2.83. The summed E-state index contributed by atoms with van der Waals surface area (Å²) in [6.07, 6.45) is 4.53. The fraction of sp³-hybridized carbons (Fsp3) is 0.500. The van der Waals surface area contributed by atoms with Crippen LogP contribution in [-0.4, -0.2) is 22.1 Å². The number of nitrogens with two attached hydrogens (primary N) is 1. The lowest BCUT2D eigenvalue weighted by Gasteiger charge is -2.05. The Kier molecular flexibility index (Phi) is 4.48. The Morgan fingerprint density at radius 3 is 2.92 bits per heavy atom. The summed E-state index contributed by atoms with van der Waals surface area (Å²) in [6, 6.07) is 0. The van der Waals surface area contributed by atoms with Crippen molar-refractivity contribution in [3.63, 3.8) is 0 Å². The van der Waals surface area contributed by atoms with E-state index in [1.54, 1.807) is 0 Å². The Balaban J connectivity index is 2.93. The van der Waals surface area contributed by atoms with E-state index < -0.39 is 0 Å². The molecule has 0 spiro atoms. The summed E-state index contributed by atoms with van der Waals surface area (Å²) in [6.45, 7) is 0.447. The first kappa shape index (κ1) is 10.8. The van der Waals surface area contributed by atoms with Crippen LogP contribution in [0.3, 0.4) is 0 Å². The second kappa shape index (κ2) is 5.42. The van der Waals surface area contributed by atoms with E-state index in [9.17, 15) is 0 Å². The predicted molar refractivity (Wildman–Crippen MR) is 56.1 cm³/mol. The molecule has 0 aliphatic rings. The number of rotatable bonds is 4. The van der Waals surface area contributed by atoms with Crippen molar-refractivity contribution >= 4 is 23.4 Å². The van der Waals surface area contributed by atoms with Gasteiger partial charge in [0.25, 0.3) is 0 Å². The number of alkyl halides is 1. The first-order valence-corrected chi connectivity index (χ1v) is 5.72. The SMILES string of the molecule is CSc1ncc(CCCl)c(CN)n1. The maximum absolute atomic E-state index is 5.64. The van der Waals surface area contributed by atoms with Gasteiger partial charge in [-0.2, -0.15) is 0 Å². The van der Waals surface area contributed by atoms with Crippen molar-refractivity contribution in [2.24, 2.45) is 5.73 Å². The lowest BCUT2D eigenvalue weighted by Crippen LogP contribution is -2.07. The number of nitrogens with zero attached hydrogens (tertiary/aromatic N) is 2. The molecule has 0 aromatic carbocycles. The van der Waals surface area contributed by atoms with Crippen LogP contribution in [-0.2, 0) is 13.0 Å². The lowest BCUT2D eigenvalue weighted by molar-refractivity contribution is 0.838. The minimum atomic E-state index is 0.447. The number of aryl methyl sites for hydroxylation is 1. The topological polar surface area (TPSA) is 51.8 Å². The standard InChI is InChI=1S/C8H12ClN3S/c1-13-8-11-5-6(2-3-9)7(4-10)12-8/h5H,2-4,10H2,1H3. The average Bonchev–Trinajstić information content (AvgIpc) is 2.19. The summed E-state index contributed by atoms with van der Waals surface area (Å²) >= 11 is 7.15. The quantitative estimate of drug-likeness (QED) is 0.471. The smallest absolute Gasteiger partial charge is 0.187 e. The zero-order valence-electron chi connectivity index (χ0n) is 7.46. The van der Waals surface area contributed by atoms with Gasteiger partial charge in [0.1, 0.15) is 0 Å². The van der Waals surface area contributed by atoms with Crippen molar-refractivity contribution in [3.8, 4) is 0 Å².